The van der Waals surface area contributed by atoms with Gasteiger partial charge in [0.15, 0.2) is 5.76 Å². The van der Waals surface area contributed by atoms with E-state index < -0.39 is 29.1 Å². The number of carbonyl (C=O) groups is 2. The molecule has 8 nitrogen and oxygen atoms in total. The van der Waals surface area contributed by atoms with Crippen LogP contribution in [0.25, 0.3) is 0 Å². The maximum absolute atomic E-state index is 13.3. The van der Waals surface area contributed by atoms with Gasteiger partial charge in [-0.05, 0) is 55.8 Å². The van der Waals surface area contributed by atoms with Crippen LogP contribution in [-0.4, -0.2) is 47.6 Å². The molecule has 4 N–H and O–H groups in total. The zero-order valence-electron chi connectivity index (χ0n) is 16.1. The molecule has 9 heteroatoms. The van der Waals surface area contributed by atoms with Gasteiger partial charge in [0.2, 0.25) is 0 Å². The highest BCUT2D eigenvalue weighted by Gasteiger charge is 2.47. The molecule has 1 saturated heterocycles. The minimum absolute atomic E-state index is 0.0924. The molecule has 0 aliphatic carbocycles. The van der Waals surface area contributed by atoms with Crippen molar-refractivity contribution in [3.63, 3.8) is 0 Å². The third-order valence-electron chi connectivity index (χ3n) is 4.81. The van der Waals surface area contributed by atoms with Gasteiger partial charge in [-0.15, -0.1) is 0 Å². The molecule has 2 heterocycles. The maximum atomic E-state index is 13.3. The Balaban J connectivity index is 1.98. The van der Waals surface area contributed by atoms with Crippen LogP contribution in [0.5, 0.6) is 5.75 Å². The molecule has 2 atom stereocenters. The summed E-state index contributed by atoms with van der Waals surface area (Å²) in [7, 11) is 0. The third kappa shape index (κ3) is 4.98. The fraction of sp³-hybridized carbons (Fsp3) is 0.333. The Bertz CT molecular complexity index is 874. The second kappa shape index (κ2) is 9.45. The molecule has 0 aromatic heterocycles. The van der Waals surface area contributed by atoms with Crippen LogP contribution < -0.4 is 15.4 Å². The first-order chi connectivity index (χ1) is 14.4. The Hall–Kier alpha value is -3.33. The van der Waals surface area contributed by atoms with E-state index >= 15 is 0 Å². The lowest BCUT2D eigenvalue weighted by Crippen LogP contribution is -2.55. The molecular weight excluding hydrogens is 395 g/mol. The van der Waals surface area contributed by atoms with E-state index in [2.05, 4.69) is 10.6 Å². The molecule has 2 aliphatic rings. The molecule has 0 spiro atoms. The summed E-state index contributed by atoms with van der Waals surface area (Å²) in [5, 5.41) is 25.1. The topological polar surface area (TPSA) is 117 Å². The van der Waals surface area contributed by atoms with Gasteiger partial charge in [-0.25, -0.2) is 14.0 Å². The molecule has 0 radical (unpaired) electrons. The number of dihydropyridines is 1. The van der Waals surface area contributed by atoms with Gasteiger partial charge in [0.1, 0.15) is 17.1 Å². The number of hydrogen-bond acceptors (Lipinski definition) is 6. The van der Waals surface area contributed by atoms with E-state index in [1.807, 2.05) is 0 Å². The lowest BCUT2D eigenvalue weighted by Gasteiger charge is -2.38. The second-order valence-electron chi connectivity index (χ2n) is 7.00. The minimum atomic E-state index is -1.95. The summed E-state index contributed by atoms with van der Waals surface area (Å²) >= 11 is 0. The van der Waals surface area contributed by atoms with Crippen molar-refractivity contribution in [2.24, 2.45) is 5.92 Å². The van der Waals surface area contributed by atoms with Crippen molar-refractivity contribution >= 4 is 11.9 Å². The first kappa shape index (κ1) is 21.4. The van der Waals surface area contributed by atoms with Crippen molar-refractivity contribution in [1.29, 1.82) is 0 Å². The SMILES string of the molecule is O=C(O)/C=C(/C(=O)O)[C@@]1(Oc2ccc(F)cc2)NC=CC=C1OCC1CCCNC1. The fourth-order valence-electron chi connectivity index (χ4n) is 3.38. The Morgan fingerprint density at radius 1 is 1.27 bits per heavy atom. The van der Waals surface area contributed by atoms with Crippen LogP contribution in [0, 0.1) is 11.7 Å². The minimum Gasteiger partial charge on any atom is -0.491 e. The monoisotopic (exact) mass is 418 g/mol. The van der Waals surface area contributed by atoms with Crippen LogP contribution in [0.3, 0.4) is 0 Å². The van der Waals surface area contributed by atoms with Crippen molar-refractivity contribution in [3.8, 4) is 5.75 Å². The number of carboxylic acid groups (broad SMARTS) is 2. The number of allylic oxidation sites excluding steroid dienone is 2. The summed E-state index contributed by atoms with van der Waals surface area (Å²) in [5.74, 6) is -3.02. The van der Waals surface area contributed by atoms with E-state index in [4.69, 9.17) is 9.47 Å². The van der Waals surface area contributed by atoms with Gasteiger partial charge in [-0.3, -0.25) is 0 Å². The maximum Gasteiger partial charge on any atom is 0.338 e. The van der Waals surface area contributed by atoms with Crippen LogP contribution in [0.1, 0.15) is 12.8 Å². The lowest BCUT2D eigenvalue weighted by atomic mass is 9.96. The molecule has 1 aromatic carbocycles. The van der Waals surface area contributed by atoms with Crippen molar-refractivity contribution in [2.45, 2.75) is 18.6 Å². The van der Waals surface area contributed by atoms with E-state index in [1.165, 1.54) is 24.4 Å². The predicted octanol–water partition coefficient (Wildman–Crippen LogP) is 2.01. The zero-order chi connectivity index (χ0) is 21.6. The molecule has 2 aliphatic heterocycles. The molecule has 0 bridgehead atoms. The summed E-state index contributed by atoms with van der Waals surface area (Å²) in [4.78, 5) is 23.4. The fourth-order valence-corrected chi connectivity index (χ4v) is 3.38. The van der Waals surface area contributed by atoms with Crippen LogP contribution in [-0.2, 0) is 14.3 Å². The Morgan fingerprint density at radius 3 is 2.67 bits per heavy atom. The summed E-state index contributed by atoms with van der Waals surface area (Å²) in [6.45, 7) is 1.99. The van der Waals surface area contributed by atoms with Crippen molar-refractivity contribution < 1.29 is 33.7 Å². The van der Waals surface area contributed by atoms with Gasteiger partial charge >= 0.3 is 11.9 Å². The molecular formula is C21H23FN2O6. The average molecular weight is 418 g/mol. The van der Waals surface area contributed by atoms with Gasteiger partial charge < -0.3 is 30.3 Å². The van der Waals surface area contributed by atoms with Crippen molar-refractivity contribution in [1.82, 2.24) is 10.6 Å². The van der Waals surface area contributed by atoms with Crippen LogP contribution in [0.2, 0.25) is 0 Å². The van der Waals surface area contributed by atoms with Crippen LogP contribution in [0.15, 0.2) is 60.0 Å². The first-order valence-corrected chi connectivity index (χ1v) is 9.52. The number of nitrogens with one attached hydrogen (secondary N) is 2. The quantitative estimate of drug-likeness (QED) is 0.474. The van der Waals surface area contributed by atoms with Gasteiger partial charge in [0.05, 0.1) is 6.61 Å². The molecule has 30 heavy (non-hydrogen) atoms. The molecule has 160 valence electrons. The zero-order valence-corrected chi connectivity index (χ0v) is 16.1. The predicted molar refractivity (Wildman–Crippen MR) is 105 cm³/mol. The molecule has 1 fully saturated rings. The standard InChI is InChI=1S/C21H23FN2O6/c22-15-5-7-16(8-6-15)30-21(17(20(27)28)11-19(25)26)18(4-2-10-24-21)29-13-14-3-1-9-23-12-14/h2,4-8,10-11,14,23-24H,1,3,9,12-13H2,(H,25,26)(H,27,28)/b17-11-/t14?,21-/m0/s1. The number of ether oxygens (including phenoxy) is 2. The summed E-state index contributed by atoms with van der Waals surface area (Å²) in [6.07, 6.45) is 7.05. The van der Waals surface area contributed by atoms with Gasteiger partial charge in [-0.1, -0.05) is 0 Å². The van der Waals surface area contributed by atoms with Crippen molar-refractivity contribution in [2.75, 3.05) is 19.7 Å². The van der Waals surface area contributed by atoms with E-state index in [0.29, 0.717) is 12.7 Å². The third-order valence-corrected chi connectivity index (χ3v) is 4.81. The summed E-state index contributed by atoms with van der Waals surface area (Å²) in [6, 6.07) is 4.95. The highest BCUT2D eigenvalue weighted by Crippen LogP contribution is 2.33. The first-order valence-electron chi connectivity index (χ1n) is 9.52. The summed E-state index contributed by atoms with van der Waals surface area (Å²) in [5.41, 5.74) is -2.53. The number of aliphatic carboxylic acids is 2. The van der Waals surface area contributed by atoms with Crippen molar-refractivity contribution in [3.05, 3.63) is 65.8 Å². The average Bonchev–Trinajstić information content (AvgIpc) is 2.73. The number of rotatable bonds is 8. The number of halogens is 1. The Kier molecular flexibility index (Phi) is 6.73. The lowest BCUT2D eigenvalue weighted by molar-refractivity contribution is -0.137. The van der Waals surface area contributed by atoms with Gasteiger partial charge in [0, 0.05) is 24.7 Å². The summed E-state index contributed by atoms with van der Waals surface area (Å²) < 4.78 is 25.2. The van der Waals surface area contributed by atoms with E-state index in [9.17, 15) is 24.2 Å². The highest BCUT2D eigenvalue weighted by molar-refractivity contribution is 5.97. The van der Waals surface area contributed by atoms with Gasteiger partial charge in [0.25, 0.3) is 5.72 Å². The molecule has 1 unspecified atom stereocenters. The normalized spacial score (nSPS) is 23.8. The number of piperidine rings is 1. The molecule has 0 saturated carbocycles. The second-order valence-corrected chi connectivity index (χ2v) is 7.00. The molecule has 3 rings (SSSR count). The van der Waals surface area contributed by atoms with Gasteiger partial charge in [-0.2, -0.15) is 0 Å². The largest absolute Gasteiger partial charge is 0.491 e. The van der Waals surface area contributed by atoms with E-state index in [0.717, 1.165) is 38.1 Å². The number of carboxylic acids is 2. The van der Waals surface area contributed by atoms with Crippen LogP contribution in [0.4, 0.5) is 4.39 Å². The molecule has 1 aromatic rings. The number of benzene rings is 1. The molecule has 0 amide bonds. The van der Waals surface area contributed by atoms with E-state index in [1.54, 1.807) is 6.08 Å². The number of hydrogen-bond donors (Lipinski definition) is 4. The Morgan fingerprint density at radius 2 is 2.03 bits per heavy atom. The smallest absolute Gasteiger partial charge is 0.338 e. The Labute approximate surface area is 172 Å². The highest BCUT2D eigenvalue weighted by atomic mass is 19.1. The van der Waals surface area contributed by atoms with E-state index in [-0.39, 0.29) is 17.4 Å². The van der Waals surface area contributed by atoms with Crippen LogP contribution >= 0.6 is 0 Å².